The lowest BCUT2D eigenvalue weighted by Gasteiger charge is -2.42. The number of halogens is 3. The molecule has 5 aromatic carbocycles. The molecule has 1 aliphatic heterocycles. The second-order valence-corrected chi connectivity index (χ2v) is 14.5. The van der Waals surface area contributed by atoms with Gasteiger partial charge in [-0.1, -0.05) is 134 Å². The van der Waals surface area contributed by atoms with Crippen LogP contribution in [0.1, 0.15) is 58.4 Å². The second kappa shape index (κ2) is 19.8. The van der Waals surface area contributed by atoms with Gasteiger partial charge in [0.05, 0.1) is 54.0 Å². The molecule has 6 rings (SSSR count). The van der Waals surface area contributed by atoms with Gasteiger partial charge in [-0.25, -0.2) is 0 Å². The lowest BCUT2D eigenvalue weighted by molar-refractivity contribution is -0.219. The van der Waals surface area contributed by atoms with Crippen LogP contribution in [0, 0.1) is 0 Å². The Morgan fingerprint density at radius 3 is 1.90 bits per heavy atom. The van der Waals surface area contributed by atoms with Crippen LogP contribution in [0.5, 0.6) is 5.75 Å². The van der Waals surface area contributed by atoms with Crippen molar-refractivity contribution in [1.82, 2.24) is 0 Å². The zero-order valence-corrected chi connectivity index (χ0v) is 32.5. The molecule has 52 heavy (non-hydrogen) atoms. The van der Waals surface area contributed by atoms with Crippen molar-refractivity contribution in [3.8, 4) is 5.75 Å². The van der Waals surface area contributed by atoms with Crippen molar-refractivity contribution in [2.24, 2.45) is 0 Å². The summed E-state index contributed by atoms with van der Waals surface area (Å²) in [5.41, 5.74) is 7.48. The van der Waals surface area contributed by atoms with Crippen molar-refractivity contribution in [2.45, 2.75) is 70.4 Å². The van der Waals surface area contributed by atoms with Gasteiger partial charge >= 0.3 is 0 Å². The molecule has 0 radical (unpaired) electrons. The van der Waals surface area contributed by atoms with Crippen molar-refractivity contribution in [2.75, 3.05) is 19.1 Å². The molecule has 5 aromatic rings. The van der Waals surface area contributed by atoms with Gasteiger partial charge in [0, 0.05) is 12.0 Å². The predicted molar refractivity (Wildman–Crippen MR) is 212 cm³/mol. The fourth-order valence-corrected chi connectivity index (χ4v) is 7.59. The number of ether oxygens (including phenoxy) is 5. The van der Waals surface area contributed by atoms with Crippen LogP contribution in [-0.4, -0.2) is 37.4 Å². The molecule has 1 unspecified atom stereocenters. The van der Waals surface area contributed by atoms with E-state index in [-0.39, 0.29) is 12.2 Å². The standard InChI is InChI=1S/C44H45BrCl2O5/c1-2-31-18-20-32(21-19-31)24-36-25-38(40(45)44(41(36)47)49-23-22-46)42-43(51-29-35-16-10-5-11-17-35)39(50-28-34-14-8-4-9-15-34)26-37(52-42)30-48-27-33-12-6-3-7-13-33/h3-21,25,37,39,42-43H,2,22-24,26-30H2,1H3/t37-,39-,42?,43+/m0/s1. The SMILES string of the molecule is CCc1ccc(Cc2cc(C3O[C@H](COCc4ccccc4)C[C@H](OCc4ccccc4)[C@H]3OCc3ccccc3)c(Br)c(OCCCl)c2Cl)cc1. The number of benzene rings is 5. The van der Waals surface area contributed by atoms with Crippen LogP contribution in [0.15, 0.2) is 126 Å². The fourth-order valence-electron chi connectivity index (χ4n) is 6.47. The first-order valence-electron chi connectivity index (χ1n) is 17.9. The summed E-state index contributed by atoms with van der Waals surface area (Å²) < 4.78 is 33.9. The predicted octanol–water partition coefficient (Wildman–Crippen LogP) is 11.1. The zero-order valence-electron chi connectivity index (χ0n) is 29.4. The minimum Gasteiger partial charge on any atom is -0.490 e. The Bertz CT molecular complexity index is 1810. The highest BCUT2D eigenvalue weighted by Crippen LogP contribution is 2.46. The van der Waals surface area contributed by atoms with Crippen LogP contribution in [0.4, 0.5) is 0 Å². The highest BCUT2D eigenvalue weighted by atomic mass is 79.9. The van der Waals surface area contributed by atoms with Gasteiger partial charge in [-0.05, 0) is 68.2 Å². The molecule has 272 valence electrons. The van der Waals surface area contributed by atoms with E-state index < -0.39 is 12.2 Å². The molecule has 0 aromatic heterocycles. The molecule has 0 amide bonds. The maximum absolute atomic E-state index is 7.13. The molecular weight excluding hydrogens is 759 g/mol. The number of aryl methyl sites for hydroxylation is 1. The van der Waals surface area contributed by atoms with E-state index in [1.807, 2.05) is 54.6 Å². The van der Waals surface area contributed by atoms with E-state index in [1.165, 1.54) is 5.56 Å². The molecule has 0 saturated carbocycles. The number of rotatable bonds is 17. The van der Waals surface area contributed by atoms with Gasteiger partial charge in [-0.3, -0.25) is 0 Å². The monoisotopic (exact) mass is 802 g/mol. The van der Waals surface area contributed by atoms with Gasteiger partial charge in [0.2, 0.25) is 0 Å². The van der Waals surface area contributed by atoms with Crippen LogP contribution >= 0.6 is 39.1 Å². The lowest BCUT2D eigenvalue weighted by atomic mass is 9.90. The number of hydrogen-bond acceptors (Lipinski definition) is 5. The third-order valence-corrected chi connectivity index (χ3v) is 10.6. The third-order valence-electron chi connectivity index (χ3n) is 9.23. The fraction of sp³-hybridized carbons (Fsp3) is 0.318. The minimum absolute atomic E-state index is 0.272. The molecule has 0 N–H and O–H groups in total. The van der Waals surface area contributed by atoms with Gasteiger partial charge < -0.3 is 23.7 Å². The molecule has 1 fully saturated rings. The van der Waals surface area contributed by atoms with E-state index in [0.717, 1.165) is 39.8 Å². The summed E-state index contributed by atoms with van der Waals surface area (Å²) in [6, 6.07) is 41.3. The average Bonchev–Trinajstić information content (AvgIpc) is 3.19. The molecule has 1 saturated heterocycles. The maximum Gasteiger partial charge on any atom is 0.152 e. The van der Waals surface area contributed by atoms with Gasteiger partial charge in [-0.2, -0.15) is 0 Å². The quantitative estimate of drug-likeness (QED) is 0.0876. The van der Waals surface area contributed by atoms with Crippen molar-refractivity contribution in [1.29, 1.82) is 0 Å². The lowest BCUT2D eigenvalue weighted by Crippen LogP contribution is -2.47. The normalized spacial score (nSPS) is 18.7. The molecule has 0 aliphatic carbocycles. The van der Waals surface area contributed by atoms with Crippen molar-refractivity contribution >= 4 is 39.1 Å². The van der Waals surface area contributed by atoms with E-state index in [2.05, 4.69) is 89.6 Å². The summed E-state index contributed by atoms with van der Waals surface area (Å²) in [5.74, 6) is 0.856. The van der Waals surface area contributed by atoms with Crippen LogP contribution in [-0.2, 0) is 51.6 Å². The Balaban J connectivity index is 1.38. The summed E-state index contributed by atoms with van der Waals surface area (Å²) in [4.78, 5) is 0. The molecule has 8 heteroatoms. The molecular formula is C44H45BrCl2O5. The van der Waals surface area contributed by atoms with E-state index in [0.29, 0.717) is 67.0 Å². The first-order chi connectivity index (χ1) is 25.5. The molecule has 4 atom stereocenters. The van der Waals surface area contributed by atoms with Crippen molar-refractivity contribution in [3.05, 3.63) is 170 Å². The van der Waals surface area contributed by atoms with E-state index in [4.69, 9.17) is 46.9 Å². The summed E-state index contributed by atoms with van der Waals surface area (Å²) in [5, 5.41) is 0.539. The molecule has 1 heterocycles. The molecule has 5 nitrogen and oxygen atoms in total. The van der Waals surface area contributed by atoms with E-state index in [1.54, 1.807) is 0 Å². The summed E-state index contributed by atoms with van der Waals surface area (Å²) in [6.07, 6.45) is 0.583. The van der Waals surface area contributed by atoms with E-state index >= 15 is 0 Å². The Labute approximate surface area is 326 Å². The van der Waals surface area contributed by atoms with Gasteiger partial charge in [0.1, 0.15) is 18.8 Å². The van der Waals surface area contributed by atoms with Crippen LogP contribution in [0.2, 0.25) is 5.02 Å². The summed E-state index contributed by atoms with van der Waals surface area (Å²) >= 11 is 17.2. The van der Waals surface area contributed by atoms with Gasteiger partial charge in [0.25, 0.3) is 0 Å². The second-order valence-electron chi connectivity index (χ2n) is 13.0. The van der Waals surface area contributed by atoms with Crippen LogP contribution < -0.4 is 4.74 Å². The Hall–Kier alpha value is -3.20. The topological polar surface area (TPSA) is 46.2 Å². The Kier molecular flexibility index (Phi) is 14.6. The van der Waals surface area contributed by atoms with Gasteiger partial charge in [-0.15, -0.1) is 11.6 Å². The highest BCUT2D eigenvalue weighted by Gasteiger charge is 2.43. The Morgan fingerprint density at radius 2 is 1.31 bits per heavy atom. The van der Waals surface area contributed by atoms with Gasteiger partial charge in [0.15, 0.2) is 5.75 Å². The molecule has 1 aliphatic rings. The van der Waals surface area contributed by atoms with Crippen LogP contribution in [0.25, 0.3) is 0 Å². The average molecular weight is 805 g/mol. The third kappa shape index (κ3) is 10.5. The molecule has 0 spiro atoms. The maximum atomic E-state index is 7.13. The highest BCUT2D eigenvalue weighted by molar-refractivity contribution is 9.10. The Morgan fingerprint density at radius 1 is 0.731 bits per heavy atom. The number of hydrogen-bond donors (Lipinski definition) is 0. The number of alkyl halides is 1. The first kappa shape index (κ1) is 38.5. The van der Waals surface area contributed by atoms with Crippen LogP contribution in [0.3, 0.4) is 0 Å². The molecule has 0 bridgehead atoms. The van der Waals surface area contributed by atoms with Crippen molar-refractivity contribution in [3.63, 3.8) is 0 Å². The smallest absolute Gasteiger partial charge is 0.152 e. The summed E-state index contributed by atoms with van der Waals surface area (Å²) in [7, 11) is 0. The largest absolute Gasteiger partial charge is 0.490 e. The zero-order chi connectivity index (χ0) is 36.1. The minimum atomic E-state index is -0.547. The van der Waals surface area contributed by atoms with Crippen molar-refractivity contribution < 1.29 is 23.7 Å². The first-order valence-corrected chi connectivity index (χ1v) is 19.6. The van der Waals surface area contributed by atoms with E-state index in [9.17, 15) is 0 Å². The summed E-state index contributed by atoms with van der Waals surface area (Å²) in [6.45, 7) is 4.15.